The lowest BCUT2D eigenvalue weighted by Gasteiger charge is -2.28. The molecule has 1 aromatic carbocycles. The molecule has 2 aromatic heterocycles. The summed E-state index contributed by atoms with van der Waals surface area (Å²) in [6.07, 6.45) is 6.44. The summed E-state index contributed by atoms with van der Waals surface area (Å²) in [6, 6.07) is 9.49. The van der Waals surface area contributed by atoms with Crippen LogP contribution in [0.15, 0.2) is 53.2 Å². The zero-order valence-corrected chi connectivity index (χ0v) is 16.6. The maximum absolute atomic E-state index is 13.8. The smallest absolute Gasteiger partial charge is 0.373 e. The molecule has 4 rings (SSSR count). The second-order valence-electron chi connectivity index (χ2n) is 7.44. The Hall–Kier alpha value is -3.42. The van der Waals surface area contributed by atoms with Crippen LogP contribution in [0, 0.1) is 5.82 Å². The Morgan fingerprint density at radius 3 is 2.80 bits per heavy atom. The molecule has 1 fully saturated rings. The number of nitrogens with one attached hydrogen (secondary N) is 1. The molecule has 0 bridgehead atoms. The Morgan fingerprint density at radius 2 is 2.07 bits per heavy atom. The summed E-state index contributed by atoms with van der Waals surface area (Å²) >= 11 is 0. The van der Waals surface area contributed by atoms with Gasteiger partial charge < -0.3 is 14.5 Å². The van der Waals surface area contributed by atoms with Gasteiger partial charge in [-0.05, 0) is 42.7 Å². The van der Waals surface area contributed by atoms with E-state index >= 15 is 0 Å². The molecule has 0 saturated heterocycles. The summed E-state index contributed by atoms with van der Waals surface area (Å²) in [5.41, 5.74) is 0.513. The SMILES string of the molecule is COC(=O)c1ccc(Cn2cc(NC(=O)C3(c4cccc(F)c4)CCCC3)cn2)o1. The van der Waals surface area contributed by atoms with Crippen LogP contribution in [0.2, 0.25) is 0 Å². The van der Waals surface area contributed by atoms with E-state index in [4.69, 9.17) is 4.42 Å². The number of carbonyl (C=O) groups excluding carboxylic acids is 2. The first-order valence-electron chi connectivity index (χ1n) is 9.77. The lowest BCUT2D eigenvalue weighted by atomic mass is 9.78. The number of esters is 1. The van der Waals surface area contributed by atoms with Gasteiger partial charge in [-0.1, -0.05) is 25.0 Å². The van der Waals surface area contributed by atoms with E-state index < -0.39 is 11.4 Å². The van der Waals surface area contributed by atoms with E-state index in [2.05, 4.69) is 15.2 Å². The van der Waals surface area contributed by atoms with Gasteiger partial charge >= 0.3 is 5.97 Å². The normalized spacial score (nSPS) is 15.1. The van der Waals surface area contributed by atoms with Crippen molar-refractivity contribution in [1.29, 1.82) is 0 Å². The lowest BCUT2D eigenvalue weighted by molar-refractivity contribution is -0.121. The highest BCUT2D eigenvalue weighted by atomic mass is 19.1. The van der Waals surface area contributed by atoms with Crippen LogP contribution in [0.3, 0.4) is 0 Å². The van der Waals surface area contributed by atoms with Gasteiger partial charge in [-0.25, -0.2) is 9.18 Å². The molecule has 1 amide bonds. The van der Waals surface area contributed by atoms with Gasteiger partial charge in [0.05, 0.1) is 31.0 Å². The van der Waals surface area contributed by atoms with Gasteiger partial charge in [-0.2, -0.15) is 5.10 Å². The van der Waals surface area contributed by atoms with Gasteiger partial charge in [0.25, 0.3) is 0 Å². The molecule has 1 aliphatic carbocycles. The molecule has 1 aliphatic rings. The molecule has 3 aromatic rings. The van der Waals surface area contributed by atoms with Crippen LogP contribution in [-0.4, -0.2) is 28.8 Å². The Morgan fingerprint density at radius 1 is 1.27 bits per heavy atom. The quantitative estimate of drug-likeness (QED) is 0.622. The highest BCUT2D eigenvalue weighted by Crippen LogP contribution is 2.42. The van der Waals surface area contributed by atoms with Crippen LogP contribution in [0.5, 0.6) is 0 Å². The molecule has 2 heterocycles. The third kappa shape index (κ3) is 3.85. The number of hydrogen-bond donors (Lipinski definition) is 1. The average Bonchev–Trinajstić information content (AvgIpc) is 3.49. The molecule has 0 spiro atoms. The largest absolute Gasteiger partial charge is 0.463 e. The Labute approximate surface area is 172 Å². The minimum atomic E-state index is -0.735. The molecule has 156 valence electrons. The van der Waals surface area contributed by atoms with Crippen molar-refractivity contribution in [2.24, 2.45) is 0 Å². The summed E-state index contributed by atoms with van der Waals surface area (Å²) in [5, 5.41) is 7.17. The minimum absolute atomic E-state index is 0.117. The first-order chi connectivity index (χ1) is 14.5. The van der Waals surface area contributed by atoms with Gasteiger partial charge in [0.15, 0.2) is 0 Å². The number of anilines is 1. The predicted molar refractivity (Wildman–Crippen MR) is 107 cm³/mol. The number of carbonyl (C=O) groups is 2. The van der Waals surface area contributed by atoms with Crippen molar-refractivity contribution in [3.8, 4) is 0 Å². The predicted octanol–water partition coefficient (Wildman–Crippen LogP) is 3.90. The van der Waals surface area contributed by atoms with Crippen molar-refractivity contribution in [2.45, 2.75) is 37.6 Å². The van der Waals surface area contributed by atoms with Crippen LogP contribution in [0.1, 0.15) is 47.6 Å². The lowest BCUT2D eigenvalue weighted by Crippen LogP contribution is -2.38. The molecule has 7 nitrogen and oxygen atoms in total. The van der Waals surface area contributed by atoms with Crippen molar-refractivity contribution < 1.29 is 23.1 Å². The number of rotatable bonds is 6. The maximum atomic E-state index is 13.8. The number of halogens is 1. The molecule has 0 aliphatic heterocycles. The summed E-state index contributed by atoms with van der Waals surface area (Å²) in [6.45, 7) is 0.294. The Kier molecular flexibility index (Phi) is 5.39. The van der Waals surface area contributed by atoms with Crippen LogP contribution < -0.4 is 5.32 Å². The molecule has 0 unspecified atom stereocenters. The van der Waals surface area contributed by atoms with E-state index in [1.807, 2.05) is 6.07 Å². The van der Waals surface area contributed by atoms with Crippen molar-refractivity contribution in [2.75, 3.05) is 12.4 Å². The molecule has 30 heavy (non-hydrogen) atoms. The minimum Gasteiger partial charge on any atom is -0.463 e. The van der Waals surface area contributed by atoms with Crippen molar-refractivity contribution >= 4 is 17.6 Å². The molecule has 1 N–H and O–H groups in total. The average molecular weight is 411 g/mol. The monoisotopic (exact) mass is 411 g/mol. The number of nitrogens with zero attached hydrogens (tertiary/aromatic N) is 2. The number of methoxy groups -OCH3 is 1. The van der Waals surface area contributed by atoms with Crippen molar-refractivity contribution in [1.82, 2.24) is 9.78 Å². The van der Waals surface area contributed by atoms with Crippen LogP contribution in [0.4, 0.5) is 10.1 Å². The van der Waals surface area contributed by atoms with Gasteiger partial charge in [0, 0.05) is 6.20 Å². The number of aromatic nitrogens is 2. The second-order valence-corrected chi connectivity index (χ2v) is 7.44. The fourth-order valence-electron chi connectivity index (χ4n) is 4.01. The highest BCUT2D eigenvalue weighted by Gasteiger charge is 2.43. The fraction of sp³-hybridized carbons (Fsp3) is 0.318. The number of furan rings is 1. The van der Waals surface area contributed by atoms with Crippen LogP contribution in [0.25, 0.3) is 0 Å². The zero-order chi connectivity index (χ0) is 21.1. The summed E-state index contributed by atoms with van der Waals surface area (Å²) in [4.78, 5) is 24.7. The number of hydrogen-bond acceptors (Lipinski definition) is 5. The van der Waals surface area contributed by atoms with E-state index in [0.717, 1.165) is 12.8 Å². The Balaban J connectivity index is 1.48. The first-order valence-corrected chi connectivity index (χ1v) is 9.77. The van der Waals surface area contributed by atoms with Crippen LogP contribution in [-0.2, 0) is 21.5 Å². The molecule has 0 atom stereocenters. The van der Waals surface area contributed by atoms with E-state index in [-0.39, 0.29) is 17.5 Å². The molecule has 0 radical (unpaired) electrons. The van der Waals surface area contributed by atoms with E-state index in [1.54, 1.807) is 29.2 Å². The summed E-state index contributed by atoms with van der Waals surface area (Å²) < 4.78 is 25.4. The van der Waals surface area contributed by atoms with Gasteiger partial charge in [0.2, 0.25) is 11.7 Å². The third-order valence-electron chi connectivity index (χ3n) is 5.53. The third-order valence-corrected chi connectivity index (χ3v) is 5.53. The Bertz CT molecular complexity index is 1070. The number of amides is 1. The maximum Gasteiger partial charge on any atom is 0.373 e. The van der Waals surface area contributed by atoms with Crippen molar-refractivity contribution in [3.05, 3.63) is 71.7 Å². The highest BCUT2D eigenvalue weighted by molar-refractivity contribution is 5.99. The van der Waals surface area contributed by atoms with Crippen molar-refractivity contribution in [3.63, 3.8) is 0 Å². The second kappa shape index (κ2) is 8.14. The number of benzene rings is 1. The molecular formula is C22H22FN3O4. The standard InChI is InChI=1S/C22H22FN3O4/c1-29-20(27)19-8-7-18(30-19)14-26-13-17(12-24-26)25-21(28)22(9-2-3-10-22)15-5-4-6-16(23)11-15/h4-8,11-13H,2-3,9-10,14H2,1H3,(H,25,28). The zero-order valence-electron chi connectivity index (χ0n) is 16.6. The first kappa shape index (κ1) is 19.9. The molecule has 1 saturated carbocycles. The fourth-order valence-corrected chi connectivity index (χ4v) is 4.01. The summed E-state index contributed by atoms with van der Waals surface area (Å²) in [7, 11) is 1.29. The van der Waals surface area contributed by atoms with Crippen LogP contribution >= 0.6 is 0 Å². The molecule has 8 heteroatoms. The molecular weight excluding hydrogens is 389 g/mol. The van der Waals surface area contributed by atoms with Gasteiger partial charge in [-0.3, -0.25) is 9.48 Å². The number of ether oxygens (including phenoxy) is 1. The topological polar surface area (TPSA) is 86.4 Å². The summed E-state index contributed by atoms with van der Waals surface area (Å²) in [5.74, 6) is -0.399. The van der Waals surface area contributed by atoms with E-state index in [9.17, 15) is 14.0 Å². The van der Waals surface area contributed by atoms with E-state index in [1.165, 1.54) is 25.3 Å². The van der Waals surface area contributed by atoms with E-state index in [0.29, 0.717) is 36.4 Å². The van der Waals surface area contributed by atoms with Gasteiger partial charge in [-0.15, -0.1) is 0 Å². The van der Waals surface area contributed by atoms with Gasteiger partial charge in [0.1, 0.15) is 11.6 Å².